The van der Waals surface area contributed by atoms with Crippen LogP contribution in [0.5, 0.6) is 0 Å². The quantitative estimate of drug-likeness (QED) is 0.653. The number of piperidine rings is 1. The minimum absolute atomic E-state index is 0.608. The summed E-state index contributed by atoms with van der Waals surface area (Å²) in [7, 11) is 0. The summed E-state index contributed by atoms with van der Waals surface area (Å²) < 4.78 is 2.34. The molecule has 0 aliphatic carbocycles. The number of nitrogens with two attached hydrogens (primary N) is 1. The van der Waals surface area contributed by atoms with E-state index in [0.29, 0.717) is 11.0 Å². The molecular formula is C12H16BrN7S. The Morgan fingerprint density at radius 1 is 1.19 bits per heavy atom. The molecular weight excluding hydrogens is 354 g/mol. The highest BCUT2D eigenvalue weighted by atomic mass is 79.9. The average molecular weight is 370 g/mol. The van der Waals surface area contributed by atoms with Gasteiger partial charge in [-0.2, -0.15) is 0 Å². The van der Waals surface area contributed by atoms with Crippen molar-refractivity contribution < 1.29 is 0 Å². The fraction of sp³-hybridized carbons (Fsp3) is 0.500. The normalized spacial score (nSPS) is 15.4. The Bertz CT molecular complexity index is 639. The molecule has 0 radical (unpaired) electrons. The lowest BCUT2D eigenvalue weighted by Crippen LogP contribution is -2.30. The Labute approximate surface area is 135 Å². The molecule has 3 heterocycles. The van der Waals surface area contributed by atoms with Gasteiger partial charge in [0.2, 0.25) is 5.16 Å². The van der Waals surface area contributed by atoms with Crippen molar-refractivity contribution in [2.45, 2.75) is 36.4 Å². The first-order chi connectivity index (χ1) is 10.2. The van der Waals surface area contributed by atoms with Crippen molar-refractivity contribution in [3.05, 3.63) is 16.6 Å². The van der Waals surface area contributed by atoms with E-state index < -0.39 is 0 Å². The van der Waals surface area contributed by atoms with Crippen molar-refractivity contribution in [3.63, 3.8) is 0 Å². The van der Waals surface area contributed by atoms with Gasteiger partial charge in [-0.25, -0.2) is 14.6 Å². The molecule has 3 rings (SSSR count). The molecule has 0 saturated carbocycles. The SMILES string of the molecule is Cc1nnc(Sc2ncnc(N3CCCCC3)c2Br)n1N. The monoisotopic (exact) mass is 369 g/mol. The van der Waals surface area contributed by atoms with Crippen molar-refractivity contribution in [2.75, 3.05) is 23.8 Å². The Balaban J connectivity index is 1.87. The molecule has 2 aromatic heterocycles. The van der Waals surface area contributed by atoms with Crippen molar-refractivity contribution in [3.8, 4) is 0 Å². The summed E-state index contributed by atoms with van der Waals surface area (Å²) in [5.41, 5.74) is 0. The predicted molar refractivity (Wildman–Crippen MR) is 84.8 cm³/mol. The van der Waals surface area contributed by atoms with Gasteiger partial charge in [0, 0.05) is 13.1 Å². The van der Waals surface area contributed by atoms with Crippen LogP contribution < -0.4 is 10.7 Å². The molecule has 9 heteroatoms. The minimum atomic E-state index is 0.608. The molecule has 2 N–H and O–H groups in total. The molecule has 0 bridgehead atoms. The van der Waals surface area contributed by atoms with Crippen molar-refractivity contribution in [1.82, 2.24) is 24.8 Å². The first-order valence-corrected chi connectivity index (χ1v) is 8.38. The molecule has 0 unspecified atom stereocenters. The first kappa shape index (κ1) is 14.6. The van der Waals surface area contributed by atoms with Gasteiger partial charge in [0.15, 0.2) is 0 Å². The number of nitrogens with zero attached hydrogens (tertiary/aromatic N) is 6. The standard InChI is InChI=1S/C12H16BrN7S/c1-8-17-18-12(20(8)14)21-11-9(13)10(15-7-16-11)19-5-3-2-4-6-19/h7H,2-6,14H2,1H3. The van der Waals surface area contributed by atoms with Crippen LogP contribution in [-0.4, -0.2) is 37.9 Å². The summed E-state index contributed by atoms with van der Waals surface area (Å²) in [5, 5.41) is 9.41. The fourth-order valence-corrected chi connectivity index (χ4v) is 3.71. The smallest absolute Gasteiger partial charge is 0.216 e. The molecule has 1 aliphatic rings. The van der Waals surface area contributed by atoms with E-state index in [9.17, 15) is 0 Å². The van der Waals surface area contributed by atoms with Crippen molar-refractivity contribution in [1.29, 1.82) is 0 Å². The van der Waals surface area contributed by atoms with E-state index in [0.717, 1.165) is 28.4 Å². The maximum Gasteiger partial charge on any atom is 0.216 e. The van der Waals surface area contributed by atoms with Crippen LogP contribution in [0.4, 0.5) is 5.82 Å². The van der Waals surface area contributed by atoms with E-state index in [4.69, 9.17) is 5.84 Å². The topological polar surface area (TPSA) is 85.8 Å². The number of halogens is 1. The molecule has 2 aromatic rings. The highest BCUT2D eigenvalue weighted by Crippen LogP contribution is 2.35. The molecule has 0 spiro atoms. The van der Waals surface area contributed by atoms with E-state index in [2.05, 4.69) is 41.0 Å². The van der Waals surface area contributed by atoms with Gasteiger partial charge in [0.05, 0.1) is 4.47 Å². The molecule has 0 atom stereocenters. The third-order valence-electron chi connectivity index (χ3n) is 3.42. The average Bonchev–Trinajstić information content (AvgIpc) is 2.82. The maximum absolute atomic E-state index is 5.88. The molecule has 21 heavy (non-hydrogen) atoms. The van der Waals surface area contributed by atoms with E-state index in [1.165, 1.54) is 35.7 Å². The van der Waals surface area contributed by atoms with Crippen LogP contribution in [-0.2, 0) is 0 Å². The maximum atomic E-state index is 5.88. The highest BCUT2D eigenvalue weighted by Gasteiger charge is 2.19. The minimum Gasteiger partial charge on any atom is -0.356 e. The van der Waals surface area contributed by atoms with Gasteiger partial charge in [-0.3, -0.25) is 0 Å². The van der Waals surface area contributed by atoms with Crippen LogP contribution in [0, 0.1) is 6.92 Å². The van der Waals surface area contributed by atoms with E-state index in [-0.39, 0.29) is 0 Å². The van der Waals surface area contributed by atoms with Gasteiger partial charge in [-0.1, -0.05) is 0 Å². The number of anilines is 1. The summed E-state index contributed by atoms with van der Waals surface area (Å²) in [6, 6.07) is 0. The number of hydrogen-bond donors (Lipinski definition) is 1. The predicted octanol–water partition coefficient (Wildman–Crippen LogP) is 1.99. The number of rotatable bonds is 3. The molecule has 1 saturated heterocycles. The Hall–Kier alpha value is -1.35. The van der Waals surface area contributed by atoms with Gasteiger partial charge >= 0.3 is 0 Å². The summed E-state index contributed by atoms with van der Waals surface area (Å²) in [6.07, 6.45) is 5.28. The highest BCUT2D eigenvalue weighted by molar-refractivity contribution is 9.10. The van der Waals surface area contributed by atoms with E-state index >= 15 is 0 Å². The van der Waals surface area contributed by atoms with Crippen LogP contribution >= 0.6 is 27.7 Å². The van der Waals surface area contributed by atoms with Crippen LogP contribution in [0.15, 0.2) is 21.0 Å². The summed E-state index contributed by atoms with van der Waals surface area (Å²) in [4.78, 5) is 11.0. The van der Waals surface area contributed by atoms with Gasteiger partial charge in [0.1, 0.15) is 23.0 Å². The third-order valence-corrected chi connectivity index (χ3v) is 5.37. The van der Waals surface area contributed by atoms with E-state index in [1.54, 1.807) is 6.33 Å². The fourth-order valence-electron chi connectivity index (χ4n) is 2.25. The van der Waals surface area contributed by atoms with Crippen LogP contribution in [0.1, 0.15) is 25.1 Å². The summed E-state index contributed by atoms with van der Waals surface area (Å²) >= 11 is 5.00. The van der Waals surface area contributed by atoms with Gasteiger partial charge in [0.25, 0.3) is 0 Å². The van der Waals surface area contributed by atoms with Crippen LogP contribution in [0.2, 0.25) is 0 Å². The summed E-state index contributed by atoms with van der Waals surface area (Å²) in [6.45, 7) is 3.88. The van der Waals surface area contributed by atoms with Crippen LogP contribution in [0.25, 0.3) is 0 Å². The van der Waals surface area contributed by atoms with Crippen molar-refractivity contribution in [2.24, 2.45) is 0 Å². The molecule has 0 amide bonds. The zero-order valence-corrected chi connectivity index (χ0v) is 14.1. The lowest BCUT2D eigenvalue weighted by atomic mass is 10.1. The van der Waals surface area contributed by atoms with E-state index in [1.807, 2.05) is 6.92 Å². The Morgan fingerprint density at radius 2 is 1.95 bits per heavy atom. The summed E-state index contributed by atoms with van der Waals surface area (Å²) in [5.74, 6) is 7.49. The number of hydrogen-bond acceptors (Lipinski definition) is 7. The second-order valence-electron chi connectivity index (χ2n) is 4.87. The first-order valence-electron chi connectivity index (χ1n) is 6.77. The molecule has 0 aromatic carbocycles. The molecule has 7 nitrogen and oxygen atoms in total. The lowest BCUT2D eigenvalue weighted by Gasteiger charge is -2.28. The third kappa shape index (κ3) is 2.98. The lowest BCUT2D eigenvalue weighted by molar-refractivity contribution is 0.571. The zero-order chi connectivity index (χ0) is 14.8. The number of aromatic nitrogens is 5. The molecule has 112 valence electrons. The molecule has 1 aliphatic heterocycles. The zero-order valence-electron chi connectivity index (χ0n) is 11.7. The van der Waals surface area contributed by atoms with Gasteiger partial charge in [-0.15, -0.1) is 10.2 Å². The van der Waals surface area contributed by atoms with Gasteiger partial charge in [-0.05, 0) is 53.9 Å². The largest absolute Gasteiger partial charge is 0.356 e. The number of aryl methyl sites for hydroxylation is 1. The van der Waals surface area contributed by atoms with Crippen LogP contribution in [0.3, 0.4) is 0 Å². The Kier molecular flexibility index (Phi) is 4.29. The number of nitrogen functional groups attached to an aromatic ring is 1. The van der Waals surface area contributed by atoms with Crippen molar-refractivity contribution >= 4 is 33.5 Å². The van der Waals surface area contributed by atoms with Gasteiger partial charge < -0.3 is 10.7 Å². The Morgan fingerprint density at radius 3 is 2.62 bits per heavy atom. The second-order valence-corrected chi connectivity index (χ2v) is 6.61. The second kappa shape index (κ2) is 6.18. The molecule has 1 fully saturated rings.